The molecule has 2 heterocycles. The summed E-state index contributed by atoms with van der Waals surface area (Å²) in [7, 11) is 0. The first-order chi connectivity index (χ1) is 12.2. The number of amides is 3. The number of imide groups is 1. The molecule has 5 nitrogen and oxygen atoms in total. The third-order valence-corrected chi connectivity index (χ3v) is 5.99. The monoisotopic (exact) mass is 340 g/mol. The first-order valence-electron chi connectivity index (χ1n) is 9.41. The predicted octanol–water partition coefficient (Wildman–Crippen LogP) is 2.85. The largest absolute Gasteiger partial charge is 0.339 e. The van der Waals surface area contributed by atoms with Gasteiger partial charge in [-0.05, 0) is 43.7 Å². The molecule has 4 rings (SSSR count). The highest BCUT2D eigenvalue weighted by Gasteiger charge is 2.38. The summed E-state index contributed by atoms with van der Waals surface area (Å²) in [5.41, 5.74) is 0.899. The van der Waals surface area contributed by atoms with Gasteiger partial charge >= 0.3 is 0 Å². The average Bonchev–Trinajstić information content (AvgIpc) is 2.90. The number of rotatable bonds is 3. The number of benzene rings is 1. The van der Waals surface area contributed by atoms with E-state index in [9.17, 15) is 14.4 Å². The highest BCUT2D eigenvalue weighted by Crippen LogP contribution is 2.35. The van der Waals surface area contributed by atoms with Crippen molar-refractivity contribution < 1.29 is 14.4 Å². The van der Waals surface area contributed by atoms with Crippen LogP contribution in [0, 0.1) is 5.92 Å². The number of piperidine rings is 1. The van der Waals surface area contributed by atoms with Crippen LogP contribution in [0.2, 0.25) is 0 Å². The minimum Gasteiger partial charge on any atom is -0.339 e. The zero-order valence-electron chi connectivity index (χ0n) is 14.4. The molecule has 1 aromatic carbocycles. The maximum Gasteiger partial charge on any atom is 0.261 e. The van der Waals surface area contributed by atoms with Crippen LogP contribution in [0.3, 0.4) is 0 Å². The molecule has 3 aliphatic rings. The number of nitrogens with zero attached hydrogens (tertiary/aromatic N) is 2. The molecule has 0 spiro atoms. The molecule has 1 saturated carbocycles. The van der Waals surface area contributed by atoms with Crippen molar-refractivity contribution in [2.75, 3.05) is 13.1 Å². The summed E-state index contributed by atoms with van der Waals surface area (Å²) >= 11 is 0. The van der Waals surface area contributed by atoms with E-state index in [0.29, 0.717) is 23.1 Å². The fourth-order valence-electron chi connectivity index (χ4n) is 4.73. The molecule has 2 aliphatic heterocycles. The molecule has 1 saturated heterocycles. The molecule has 132 valence electrons. The third kappa shape index (κ3) is 2.86. The van der Waals surface area contributed by atoms with Gasteiger partial charge in [0.2, 0.25) is 5.91 Å². The van der Waals surface area contributed by atoms with Gasteiger partial charge in [0.15, 0.2) is 0 Å². The zero-order chi connectivity index (χ0) is 17.4. The summed E-state index contributed by atoms with van der Waals surface area (Å²) in [5.74, 6) is 0.184. The van der Waals surface area contributed by atoms with E-state index in [1.54, 1.807) is 24.3 Å². The fraction of sp³-hybridized carbons (Fsp3) is 0.550. The Morgan fingerprint density at radius 2 is 1.60 bits per heavy atom. The van der Waals surface area contributed by atoms with E-state index in [2.05, 4.69) is 0 Å². The average molecular weight is 340 g/mol. The van der Waals surface area contributed by atoms with Crippen molar-refractivity contribution in [2.24, 2.45) is 5.92 Å². The number of likely N-dealkylation sites (tertiary alicyclic amines) is 1. The van der Waals surface area contributed by atoms with E-state index < -0.39 is 0 Å². The normalized spacial score (nSPS) is 25.8. The van der Waals surface area contributed by atoms with Crippen molar-refractivity contribution in [2.45, 2.75) is 51.0 Å². The summed E-state index contributed by atoms with van der Waals surface area (Å²) in [6, 6.07) is 7.24. The molecule has 25 heavy (non-hydrogen) atoms. The van der Waals surface area contributed by atoms with Gasteiger partial charge in [-0.2, -0.15) is 0 Å². The lowest BCUT2D eigenvalue weighted by molar-refractivity contribution is -0.137. The topological polar surface area (TPSA) is 57.7 Å². The van der Waals surface area contributed by atoms with E-state index >= 15 is 0 Å². The van der Waals surface area contributed by atoms with Gasteiger partial charge in [0.25, 0.3) is 11.8 Å². The lowest BCUT2D eigenvalue weighted by atomic mass is 9.78. The first-order valence-corrected chi connectivity index (χ1v) is 9.41. The van der Waals surface area contributed by atoms with Crippen LogP contribution in [0.5, 0.6) is 0 Å². The first kappa shape index (κ1) is 16.3. The second kappa shape index (κ2) is 6.62. The van der Waals surface area contributed by atoms with E-state index in [0.717, 1.165) is 19.4 Å². The minimum absolute atomic E-state index is 0.0909. The Morgan fingerprint density at radius 3 is 2.32 bits per heavy atom. The lowest BCUT2D eigenvalue weighted by Gasteiger charge is -2.44. The molecule has 0 aromatic heterocycles. The van der Waals surface area contributed by atoms with Crippen LogP contribution >= 0.6 is 0 Å². The predicted molar refractivity (Wildman–Crippen MR) is 93.1 cm³/mol. The highest BCUT2D eigenvalue weighted by molar-refractivity contribution is 6.21. The molecule has 2 unspecified atom stereocenters. The zero-order valence-corrected chi connectivity index (χ0v) is 14.4. The quantitative estimate of drug-likeness (QED) is 0.795. The Hall–Kier alpha value is -2.17. The Labute approximate surface area is 148 Å². The molecule has 2 fully saturated rings. The van der Waals surface area contributed by atoms with E-state index in [1.165, 1.54) is 30.6 Å². The molecule has 1 aliphatic carbocycles. The van der Waals surface area contributed by atoms with Crippen molar-refractivity contribution >= 4 is 17.7 Å². The third-order valence-electron chi connectivity index (χ3n) is 5.99. The Morgan fingerprint density at radius 1 is 0.960 bits per heavy atom. The van der Waals surface area contributed by atoms with Crippen LogP contribution in [0.4, 0.5) is 0 Å². The number of fused-ring (bicyclic) bond motifs is 2. The molecular weight excluding hydrogens is 316 g/mol. The molecule has 0 bridgehead atoms. The standard InChI is InChI=1S/C20H24N2O3/c23-18(21-12-5-7-14-6-1-4-10-17(14)21)11-13-22-19(24)15-8-2-3-9-16(15)20(22)25/h2-3,8-9,14,17H,1,4-7,10-13H2. The van der Waals surface area contributed by atoms with Crippen LogP contribution in [0.25, 0.3) is 0 Å². The van der Waals surface area contributed by atoms with Gasteiger partial charge in [-0.1, -0.05) is 25.0 Å². The van der Waals surface area contributed by atoms with Crippen molar-refractivity contribution in [3.63, 3.8) is 0 Å². The molecule has 1 aromatic rings. The van der Waals surface area contributed by atoms with Gasteiger partial charge in [0.1, 0.15) is 0 Å². The second-order valence-electron chi connectivity index (χ2n) is 7.40. The Kier molecular flexibility index (Phi) is 4.32. The van der Waals surface area contributed by atoms with Crippen LogP contribution < -0.4 is 0 Å². The summed E-state index contributed by atoms with van der Waals surface area (Å²) < 4.78 is 0. The number of carbonyl (C=O) groups is 3. The van der Waals surface area contributed by atoms with Gasteiger partial charge < -0.3 is 4.90 Å². The molecule has 5 heteroatoms. The minimum atomic E-state index is -0.275. The van der Waals surface area contributed by atoms with Gasteiger partial charge in [0.05, 0.1) is 11.1 Å². The van der Waals surface area contributed by atoms with Crippen LogP contribution in [0.1, 0.15) is 65.7 Å². The number of hydrogen-bond acceptors (Lipinski definition) is 3. The lowest BCUT2D eigenvalue weighted by Crippen LogP contribution is -2.50. The molecular formula is C20H24N2O3. The van der Waals surface area contributed by atoms with Crippen molar-refractivity contribution in [3.05, 3.63) is 35.4 Å². The van der Waals surface area contributed by atoms with Crippen LogP contribution in [0.15, 0.2) is 24.3 Å². The summed E-state index contributed by atoms with van der Waals surface area (Å²) in [6.45, 7) is 1.00. The maximum absolute atomic E-state index is 12.8. The number of carbonyl (C=O) groups excluding carboxylic acids is 3. The van der Waals surface area contributed by atoms with Gasteiger partial charge in [0, 0.05) is 25.6 Å². The summed E-state index contributed by atoms with van der Waals surface area (Å²) in [6.07, 6.45) is 7.33. The molecule has 0 N–H and O–H groups in total. The second-order valence-corrected chi connectivity index (χ2v) is 7.40. The summed E-state index contributed by atoms with van der Waals surface area (Å²) in [4.78, 5) is 40.8. The van der Waals surface area contributed by atoms with Crippen LogP contribution in [-0.4, -0.2) is 46.7 Å². The Bertz CT molecular complexity index is 678. The molecule has 0 radical (unpaired) electrons. The van der Waals surface area contributed by atoms with Gasteiger partial charge in [-0.3, -0.25) is 19.3 Å². The summed E-state index contributed by atoms with van der Waals surface area (Å²) in [5, 5.41) is 0. The SMILES string of the molecule is O=C1c2ccccc2C(=O)N1CCC(=O)N1CCCC2CCCCC21. The maximum atomic E-state index is 12.8. The van der Waals surface area contributed by atoms with Gasteiger partial charge in [-0.15, -0.1) is 0 Å². The van der Waals surface area contributed by atoms with E-state index in [-0.39, 0.29) is 30.7 Å². The van der Waals surface area contributed by atoms with Crippen LogP contribution in [-0.2, 0) is 4.79 Å². The van der Waals surface area contributed by atoms with E-state index in [1.807, 2.05) is 4.90 Å². The van der Waals surface area contributed by atoms with Crippen molar-refractivity contribution in [1.29, 1.82) is 0 Å². The highest BCUT2D eigenvalue weighted by atomic mass is 16.2. The Balaban J connectivity index is 1.41. The molecule has 3 amide bonds. The molecule has 2 atom stereocenters. The smallest absolute Gasteiger partial charge is 0.261 e. The van der Waals surface area contributed by atoms with Crippen molar-refractivity contribution in [3.8, 4) is 0 Å². The fourth-order valence-corrected chi connectivity index (χ4v) is 4.73. The van der Waals surface area contributed by atoms with Crippen molar-refractivity contribution in [1.82, 2.24) is 9.80 Å². The van der Waals surface area contributed by atoms with Gasteiger partial charge in [-0.25, -0.2) is 0 Å². The number of hydrogen-bond donors (Lipinski definition) is 0. The van der Waals surface area contributed by atoms with E-state index in [4.69, 9.17) is 0 Å².